The van der Waals surface area contributed by atoms with Crippen LogP contribution in [0.4, 0.5) is 0 Å². The van der Waals surface area contributed by atoms with Crippen LogP contribution >= 0.6 is 0 Å². The van der Waals surface area contributed by atoms with Gasteiger partial charge in [0.1, 0.15) is 17.6 Å². The predicted molar refractivity (Wildman–Crippen MR) is 73.2 cm³/mol. The summed E-state index contributed by atoms with van der Waals surface area (Å²) >= 11 is 0. The molecule has 0 saturated carbocycles. The number of aromatic carboxylic acids is 1. The lowest BCUT2D eigenvalue weighted by Gasteiger charge is -2.08. The molecule has 1 heterocycles. The molecule has 0 unspecified atom stereocenters. The number of esters is 1. The number of carboxylic acid groups (broad SMARTS) is 1. The second kappa shape index (κ2) is 6.02. The van der Waals surface area contributed by atoms with Crippen molar-refractivity contribution in [1.29, 1.82) is 0 Å². The van der Waals surface area contributed by atoms with Crippen LogP contribution < -0.4 is 10.4 Å². The van der Waals surface area contributed by atoms with E-state index >= 15 is 0 Å². The zero-order chi connectivity index (χ0) is 17.2. The van der Waals surface area contributed by atoms with Gasteiger partial charge in [-0.2, -0.15) is 8.42 Å². The smallest absolute Gasteiger partial charge is 0.346 e. The highest BCUT2D eigenvalue weighted by molar-refractivity contribution is 7.85. The van der Waals surface area contributed by atoms with E-state index in [1.807, 2.05) is 0 Å². The summed E-state index contributed by atoms with van der Waals surface area (Å²) in [6.45, 7) is 0. The Labute approximate surface area is 128 Å². The SMILES string of the molecule is O=C(Oc1ccc(S(=O)(=O)O)cc1C(=O)O)c1ccc(=O)oc1. The van der Waals surface area contributed by atoms with E-state index in [9.17, 15) is 22.8 Å². The maximum absolute atomic E-state index is 11.8. The Bertz CT molecular complexity index is 920. The van der Waals surface area contributed by atoms with Crippen LogP contribution in [-0.4, -0.2) is 30.0 Å². The van der Waals surface area contributed by atoms with Gasteiger partial charge in [0.15, 0.2) is 0 Å². The summed E-state index contributed by atoms with van der Waals surface area (Å²) < 4.78 is 40.2. The van der Waals surface area contributed by atoms with Gasteiger partial charge in [0.05, 0.1) is 10.5 Å². The lowest BCUT2D eigenvalue weighted by atomic mass is 10.2. The highest BCUT2D eigenvalue weighted by Crippen LogP contribution is 2.23. The molecule has 9 nitrogen and oxygen atoms in total. The summed E-state index contributed by atoms with van der Waals surface area (Å²) in [6, 6.07) is 4.50. The fourth-order valence-electron chi connectivity index (χ4n) is 1.56. The molecule has 0 atom stereocenters. The number of carboxylic acids is 1. The summed E-state index contributed by atoms with van der Waals surface area (Å²) in [5.41, 5.74) is -1.49. The lowest BCUT2D eigenvalue weighted by Crippen LogP contribution is -2.13. The standard InChI is InChI=1S/C13H8O9S/c14-11-4-1-7(6-21-11)13(17)22-10-3-2-8(23(18,19)20)5-9(10)12(15)16/h1-6H,(H,15,16)(H,18,19,20). The number of benzene rings is 1. The zero-order valence-corrected chi connectivity index (χ0v) is 11.9. The molecule has 0 aliphatic heterocycles. The van der Waals surface area contributed by atoms with E-state index in [1.54, 1.807) is 0 Å². The molecule has 10 heteroatoms. The monoisotopic (exact) mass is 340 g/mol. The minimum Gasteiger partial charge on any atom is -0.478 e. The highest BCUT2D eigenvalue weighted by Gasteiger charge is 2.20. The predicted octanol–water partition coefficient (Wildman–Crippen LogP) is 0.804. The average Bonchev–Trinajstić information content (AvgIpc) is 2.46. The van der Waals surface area contributed by atoms with Crippen LogP contribution in [0.1, 0.15) is 20.7 Å². The summed E-state index contributed by atoms with van der Waals surface area (Å²) in [5.74, 6) is -3.03. The van der Waals surface area contributed by atoms with Crippen molar-refractivity contribution in [3.8, 4) is 5.75 Å². The normalized spacial score (nSPS) is 11.0. The molecule has 0 aliphatic rings. The lowest BCUT2D eigenvalue weighted by molar-refractivity contribution is 0.0680. The van der Waals surface area contributed by atoms with Crippen molar-refractivity contribution in [1.82, 2.24) is 0 Å². The van der Waals surface area contributed by atoms with Gasteiger partial charge in [0.25, 0.3) is 10.1 Å². The molecule has 2 N–H and O–H groups in total. The van der Waals surface area contributed by atoms with E-state index < -0.39 is 43.9 Å². The Hall–Kier alpha value is -2.98. The highest BCUT2D eigenvalue weighted by atomic mass is 32.2. The van der Waals surface area contributed by atoms with Gasteiger partial charge >= 0.3 is 17.6 Å². The van der Waals surface area contributed by atoms with Crippen molar-refractivity contribution in [2.75, 3.05) is 0 Å². The van der Waals surface area contributed by atoms with Crippen molar-refractivity contribution in [2.45, 2.75) is 4.90 Å². The van der Waals surface area contributed by atoms with Gasteiger partial charge in [0, 0.05) is 6.07 Å². The molecule has 0 amide bonds. The van der Waals surface area contributed by atoms with E-state index in [4.69, 9.17) is 14.4 Å². The van der Waals surface area contributed by atoms with E-state index in [2.05, 4.69) is 4.42 Å². The van der Waals surface area contributed by atoms with Crippen molar-refractivity contribution in [3.63, 3.8) is 0 Å². The van der Waals surface area contributed by atoms with Crippen LogP contribution in [0.3, 0.4) is 0 Å². The van der Waals surface area contributed by atoms with Crippen LogP contribution in [0.5, 0.6) is 5.75 Å². The van der Waals surface area contributed by atoms with E-state index in [0.717, 1.165) is 30.5 Å². The molecular formula is C13H8O9S. The average molecular weight is 340 g/mol. The topological polar surface area (TPSA) is 148 Å². The summed E-state index contributed by atoms with van der Waals surface area (Å²) in [5, 5.41) is 9.05. The maximum Gasteiger partial charge on any atom is 0.346 e. The molecule has 23 heavy (non-hydrogen) atoms. The molecular weight excluding hydrogens is 332 g/mol. The van der Waals surface area contributed by atoms with Gasteiger partial charge in [-0.25, -0.2) is 14.4 Å². The van der Waals surface area contributed by atoms with Crippen molar-refractivity contribution < 1.29 is 36.8 Å². The Morgan fingerprint density at radius 3 is 2.35 bits per heavy atom. The van der Waals surface area contributed by atoms with Crippen LogP contribution in [0, 0.1) is 0 Å². The largest absolute Gasteiger partial charge is 0.478 e. The second-order valence-electron chi connectivity index (χ2n) is 4.17. The summed E-state index contributed by atoms with van der Waals surface area (Å²) in [6.07, 6.45) is 0.831. The first-order valence-electron chi connectivity index (χ1n) is 5.84. The molecule has 0 spiro atoms. The number of carbonyl (C=O) groups excluding carboxylic acids is 1. The molecule has 0 bridgehead atoms. The molecule has 0 aliphatic carbocycles. The molecule has 2 rings (SSSR count). The number of carbonyl (C=O) groups is 2. The molecule has 0 radical (unpaired) electrons. The molecule has 1 aromatic carbocycles. The van der Waals surface area contributed by atoms with Crippen molar-refractivity contribution in [3.05, 3.63) is 58.1 Å². The molecule has 0 fully saturated rings. The Balaban J connectivity index is 2.39. The van der Waals surface area contributed by atoms with E-state index in [1.165, 1.54) is 0 Å². The third-order valence-corrected chi connectivity index (χ3v) is 3.47. The molecule has 2 aromatic rings. The Morgan fingerprint density at radius 1 is 1.13 bits per heavy atom. The van der Waals surface area contributed by atoms with Crippen molar-refractivity contribution in [2.24, 2.45) is 0 Å². The van der Waals surface area contributed by atoms with Crippen LogP contribution in [0.25, 0.3) is 0 Å². The van der Waals surface area contributed by atoms with Gasteiger partial charge in [-0.05, 0) is 24.3 Å². The molecule has 1 aromatic heterocycles. The van der Waals surface area contributed by atoms with Crippen LogP contribution in [0.2, 0.25) is 0 Å². The molecule has 0 saturated heterocycles. The second-order valence-corrected chi connectivity index (χ2v) is 5.59. The minimum absolute atomic E-state index is 0.153. The minimum atomic E-state index is -4.61. The first-order chi connectivity index (χ1) is 10.7. The first-order valence-corrected chi connectivity index (χ1v) is 7.28. The van der Waals surface area contributed by atoms with Crippen molar-refractivity contribution >= 4 is 22.1 Å². The van der Waals surface area contributed by atoms with Gasteiger partial charge in [-0.3, -0.25) is 4.55 Å². The van der Waals surface area contributed by atoms with E-state index in [-0.39, 0.29) is 5.56 Å². The quantitative estimate of drug-likeness (QED) is 0.468. The van der Waals surface area contributed by atoms with Crippen LogP contribution in [0.15, 0.2) is 50.7 Å². The van der Waals surface area contributed by atoms with Gasteiger partial charge < -0.3 is 14.3 Å². The molecule has 120 valence electrons. The Kier molecular flexibility index (Phi) is 4.29. The summed E-state index contributed by atoms with van der Waals surface area (Å²) in [7, 11) is -4.61. The number of hydrogen-bond acceptors (Lipinski definition) is 7. The van der Waals surface area contributed by atoms with Crippen LogP contribution in [-0.2, 0) is 10.1 Å². The summed E-state index contributed by atoms with van der Waals surface area (Å²) in [4.78, 5) is 33.1. The Morgan fingerprint density at radius 2 is 1.83 bits per heavy atom. The van der Waals surface area contributed by atoms with Gasteiger partial charge in [-0.1, -0.05) is 0 Å². The third-order valence-electron chi connectivity index (χ3n) is 2.62. The fraction of sp³-hybridized carbons (Fsp3) is 0. The van der Waals surface area contributed by atoms with Gasteiger partial charge in [0.2, 0.25) is 0 Å². The fourth-order valence-corrected chi connectivity index (χ4v) is 2.07. The first kappa shape index (κ1) is 16.4. The number of rotatable bonds is 4. The number of ether oxygens (including phenoxy) is 1. The number of hydrogen-bond donors (Lipinski definition) is 2. The zero-order valence-electron chi connectivity index (χ0n) is 11.1. The van der Waals surface area contributed by atoms with Gasteiger partial charge in [-0.15, -0.1) is 0 Å². The van der Waals surface area contributed by atoms with E-state index in [0.29, 0.717) is 6.07 Å². The maximum atomic E-state index is 11.8. The third kappa shape index (κ3) is 3.81.